The second-order valence-corrected chi connectivity index (χ2v) is 6.66. The molecule has 1 aromatic carbocycles. The predicted molar refractivity (Wildman–Crippen MR) is 97.5 cm³/mol. The second-order valence-electron chi connectivity index (χ2n) is 6.66. The average molecular weight is 341 g/mol. The third kappa shape index (κ3) is 4.48. The number of ether oxygens (including phenoxy) is 1. The summed E-state index contributed by atoms with van der Waals surface area (Å²) < 4.78 is 7.73. The van der Waals surface area contributed by atoms with E-state index < -0.39 is 0 Å². The molecule has 0 fully saturated rings. The van der Waals surface area contributed by atoms with E-state index in [9.17, 15) is 4.79 Å². The number of carbonyl (C=O) groups is 1. The highest BCUT2D eigenvalue weighted by Crippen LogP contribution is 2.21. The molecule has 3 rings (SSSR count). The number of hydrogen-bond donors (Lipinski definition) is 1. The van der Waals surface area contributed by atoms with Crippen LogP contribution in [0.25, 0.3) is 0 Å². The summed E-state index contributed by atoms with van der Waals surface area (Å²) in [4.78, 5) is 12.1. The van der Waals surface area contributed by atoms with E-state index in [0.717, 1.165) is 43.7 Å². The minimum atomic E-state index is 0.0574. The van der Waals surface area contributed by atoms with Crippen LogP contribution in [0.15, 0.2) is 24.3 Å². The maximum Gasteiger partial charge on any atom is 0.224 e. The second kappa shape index (κ2) is 8.30. The number of hydrogen-bond acceptors (Lipinski definition) is 3. The van der Waals surface area contributed by atoms with Gasteiger partial charge < -0.3 is 10.1 Å². The van der Waals surface area contributed by atoms with Crippen molar-refractivity contribution < 1.29 is 9.53 Å². The van der Waals surface area contributed by atoms with Crippen LogP contribution in [0.1, 0.15) is 41.4 Å². The van der Waals surface area contributed by atoms with Crippen LogP contribution in [0.3, 0.4) is 0 Å². The molecule has 5 heteroatoms. The molecule has 2 aromatic rings. The van der Waals surface area contributed by atoms with Gasteiger partial charge >= 0.3 is 0 Å². The molecule has 134 valence electrons. The molecule has 0 saturated carbocycles. The van der Waals surface area contributed by atoms with Gasteiger partial charge in [-0.25, -0.2) is 0 Å². The molecule has 2 heterocycles. The minimum absolute atomic E-state index is 0.0574. The van der Waals surface area contributed by atoms with Gasteiger partial charge in [0.1, 0.15) is 0 Å². The Labute approximate surface area is 149 Å². The molecule has 1 aliphatic rings. The lowest BCUT2D eigenvalue weighted by Gasteiger charge is -2.14. The number of fused-ring (bicyclic) bond motifs is 1. The third-order valence-corrected chi connectivity index (χ3v) is 4.58. The van der Waals surface area contributed by atoms with Crippen molar-refractivity contribution >= 4 is 5.91 Å². The van der Waals surface area contributed by atoms with Crippen molar-refractivity contribution in [3.05, 3.63) is 52.3 Å². The van der Waals surface area contributed by atoms with Crippen LogP contribution in [0.4, 0.5) is 0 Å². The van der Waals surface area contributed by atoms with Gasteiger partial charge in [-0.3, -0.25) is 9.48 Å². The molecule has 0 radical (unpaired) electrons. The number of nitrogens with one attached hydrogen (secondary N) is 1. The molecular formula is C20H27N3O2. The van der Waals surface area contributed by atoms with Gasteiger partial charge in [-0.15, -0.1) is 0 Å². The lowest BCUT2D eigenvalue weighted by Crippen LogP contribution is -2.27. The van der Waals surface area contributed by atoms with Gasteiger partial charge in [-0.1, -0.05) is 36.8 Å². The van der Waals surface area contributed by atoms with Crippen molar-refractivity contribution in [3.63, 3.8) is 0 Å². The van der Waals surface area contributed by atoms with E-state index in [4.69, 9.17) is 9.84 Å². The summed E-state index contributed by atoms with van der Waals surface area (Å²) in [6.07, 6.45) is 3.18. The molecule has 0 bridgehead atoms. The topological polar surface area (TPSA) is 56.2 Å². The zero-order chi connectivity index (χ0) is 17.6. The lowest BCUT2D eigenvalue weighted by molar-refractivity contribution is -0.120. The summed E-state index contributed by atoms with van der Waals surface area (Å²) in [6.45, 7) is 7.19. The number of rotatable bonds is 7. The van der Waals surface area contributed by atoms with Crippen LogP contribution < -0.4 is 5.32 Å². The Bertz CT molecular complexity index is 719. The van der Waals surface area contributed by atoms with Gasteiger partial charge in [-0.05, 0) is 18.9 Å². The van der Waals surface area contributed by atoms with Gasteiger partial charge in [0.15, 0.2) is 0 Å². The van der Waals surface area contributed by atoms with Crippen molar-refractivity contribution in [1.82, 2.24) is 15.1 Å². The summed E-state index contributed by atoms with van der Waals surface area (Å²) >= 11 is 0. The third-order valence-electron chi connectivity index (χ3n) is 4.58. The Hall–Kier alpha value is -2.14. The largest absolute Gasteiger partial charge is 0.376 e. The van der Waals surface area contributed by atoms with Crippen LogP contribution >= 0.6 is 0 Å². The predicted octanol–water partition coefficient (Wildman–Crippen LogP) is 2.58. The Balaban J connectivity index is 1.55. The lowest BCUT2D eigenvalue weighted by atomic mass is 10.1. The number of carbonyl (C=O) groups excluding carboxylic acids is 1. The SMILES string of the molecule is CCCn1nc(CCNC(=O)Cc2ccc(C)cc2)c2c1CCOC2. The van der Waals surface area contributed by atoms with Gasteiger partial charge in [0.25, 0.3) is 0 Å². The summed E-state index contributed by atoms with van der Waals surface area (Å²) in [6, 6.07) is 8.09. The van der Waals surface area contributed by atoms with E-state index in [1.807, 2.05) is 31.2 Å². The molecular weight excluding hydrogens is 314 g/mol. The first-order chi connectivity index (χ1) is 12.2. The number of benzene rings is 1. The molecule has 25 heavy (non-hydrogen) atoms. The van der Waals surface area contributed by atoms with Crippen LogP contribution in [-0.2, 0) is 41.9 Å². The highest BCUT2D eigenvalue weighted by molar-refractivity contribution is 5.78. The Kier molecular flexibility index (Phi) is 5.87. The van der Waals surface area contributed by atoms with Crippen LogP contribution in [0, 0.1) is 6.92 Å². The van der Waals surface area contributed by atoms with E-state index in [-0.39, 0.29) is 5.91 Å². The van der Waals surface area contributed by atoms with E-state index in [1.165, 1.54) is 16.8 Å². The highest BCUT2D eigenvalue weighted by atomic mass is 16.5. The molecule has 1 N–H and O–H groups in total. The van der Waals surface area contributed by atoms with Crippen molar-refractivity contribution in [3.8, 4) is 0 Å². The normalized spacial score (nSPS) is 13.5. The van der Waals surface area contributed by atoms with Gasteiger partial charge in [-0.2, -0.15) is 5.10 Å². The maximum absolute atomic E-state index is 12.1. The molecule has 5 nitrogen and oxygen atoms in total. The molecule has 0 unspecified atom stereocenters. The van der Waals surface area contributed by atoms with Gasteiger partial charge in [0, 0.05) is 37.2 Å². The zero-order valence-corrected chi connectivity index (χ0v) is 15.2. The van der Waals surface area contributed by atoms with E-state index in [2.05, 4.69) is 16.9 Å². The first-order valence-electron chi connectivity index (χ1n) is 9.14. The quantitative estimate of drug-likeness (QED) is 0.842. The molecule has 0 aliphatic carbocycles. The van der Waals surface area contributed by atoms with Crippen LogP contribution in [0.2, 0.25) is 0 Å². The molecule has 0 saturated heterocycles. The molecule has 0 spiro atoms. The fourth-order valence-corrected chi connectivity index (χ4v) is 3.25. The number of nitrogens with zero attached hydrogens (tertiary/aromatic N) is 2. The first kappa shape index (κ1) is 17.7. The highest BCUT2D eigenvalue weighted by Gasteiger charge is 2.20. The Morgan fingerprint density at radius 3 is 2.88 bits per heavy atom. The fourth-order valence-electron chi connectivity index (χ4n) is 3.25. The molecule has 0 atom stereocenters. The van der Waals surface area contributed by atoms with Crippen molar-refractivity contribution in [2.24, 2.45) is 0 Å². The molecule has 1 aliphatic heterocycles. The minimum Gasteiger partial charge on any atom is -0.376 e. The van der Waals surface area contributed by atoms with Crippen molar-refractivity contribution in [1.29, 1.82) is 0 Å². The first-order valence-corrected chi connectivity index (χ1v) is 9.14. The maximum atomic E-state index is 12.1. The van der Waals surface area contributed by atoms with Gasteiger partial charge in [0.2, 0.25) is 5.91 Å². The standard InChI is InChI=1S/C20H27N3O2/c1-3-11-23-19-9-12-25-14-17(19)18(22-23)8-10-21-20(24)13-16-6-4-15(2)5-7-16/h4-7H,3,8-14H2,1-2H3,(H,21,24). The summed E-state index contributed by atoms with van der Waals surface area (Å²) in [5.74, 6) is 0.0574. The number of aromatic nitrogens is 2. The van der Waals surface area contributed by atoms with E-state index in [1.54, 1.807) is 0 Å². The average Bonchev–Trinajstić information content (AvgIpc) is 2.96. The van der Waals surface area contributed by atoms with E-state index in [0.29, 0.717) is 19.6 Å². The molecule has 1 amide bonds. The van der Waals surface area contributed by atoms with Crippen LogP contribution in [-0.4, -0.2) is 28.8 Å². The number of aryl methyl sites for hydroxylation is 2. The van der Waals surface area contributed by atoms with Gasteiger partial charge in [0.05, 0.1) is 25.3 Å². The van der Waals surface area contributed by atoms with Crippen LogP contribution in [0.5, 0.6) is 0 Å². The zero-order valence-electron chi connectivity index (χ0n) is 15.2. The fraction of sp³-hybridized carbons (Fsp3) is 0.500. The monoisotopic (exact) mass is 341 g/mol. The summed E-state index contributed by atoms with van der Waals surface area (Å²) in [5.41, 5.74) is 5.86. The summed E-state index contributed by atoms with van der Waals surface area (Å²) in [7, 11) is 0. The Morgan fingerprint density at radius 2 is 2.12 bits per heavy atom. The Morgan fingerprint density at radius 1 is 1.32 bits per heavy atom. The van der Waals surface area contributed by atoms with Crippen molar-refractivity contribution in [2.45, 2.75) is 52.7 Å². The van der Waals surface area contributed by atoms with Crippen molar-refractivity contribution in [2.75, 3.05) is 13.2 Å². The molecule has 1 aromatic heterocycles. The van der Waals surface area contributed by atoms with E-state index >= 15 is 0 Å². The summed E-state index contributed by atoms with van der Waals surface area (Å²) in [5, 5.41) is 7.77. The smallest absolute Gasteiger partial charge is 0.224 e. The number of amides is 1.